The summed E-state index contributed by atoms with van der Waals surface area (Å²) in [7, 11) is 0. The van der Waals surface area contributed by atoms with Crippen molar-refractivity contribution in [2.75, 3.05) is 17.6 Å². The normalized spacial score (nSPS) is 10.5. The highest BCUT2D eigenvalue weighted by Crippen LogP contribution is 2.16. The molecule has 0 aliphatic heterocycles. The van der Waals surface area contributed by atoms with Gasteiger partial charge in [0.1, 0.15) is 0 Å². The van der Waals surface area contributed by atoms with Crippen molar-refractivity contribution in [3.63, 3.8) is 0 Å². The van der Waals surface area contributed by atoms with Gasteiger partial charge in [0.15, 0.2) is 0 Å². The third-order valence-corrected chi connectivity index (χ3v) is 6.17. The van der Waals surface area contributed by atoms with Crippen LogP contribution in [0.4, 0.5) is 5.69 Å². The highest BCUT2D eigenvalue weighted by atomic mass is 32.2. The second-order valence-electron chi connectivity index (χ2n) is 6.48. The van der Waals surface area contributed by atoms with Crippen molar-refractivity contribution in [3.05, 3.63) is 82.6 Å². The Kier molecular flexibility index (Phi) is 8.34. The summed E-state index contributed by atoms with van der Waals surface area (Å²) < 4.78 is 0. The highest BCUT2D eigenvalue weighted by Gasteiger charge is 2.08. The van der Waals surface area contributed by atoms with E-state index in [0.29, 0.717) is 24.2 Å². The topological polar surface area (TPSA) is 58.2 Å². The van der Waals surface area contributed by atoms with Gasteiger partial charge in [0.05, 0.1) is 0 Å². The van der Waals surface area contributed by atoms with Crippen molar-refractivity contribution in [1.82, 2.24) is 5.32 Å². The Morgan fingerprint density at radius 2 is 1.83 bits per heavy atom. The Hall–Kier alpha value is -2.57. The molecule has 0 aliphatic rings. The number of thioether (sulfide) groups is 1. The average Bonchev–Trinajstić information content (AvgIpc) is 3.25. The summed E-state index contributed by atoms with van der Waals surface area (Å²) in [6.45, 7) is 0.581. The lowest BCUT2D eigenvalue weighted by atomic mass is 10.1. The largest absolute Gasteiger partial charge is 0.351 e. The van der Waals surface area contributed by atoms with Gasteiger partial charge in [0.25, 0.3) is 5.91 Å². The van der Waals surface area contributed by atoms with Crippen LogP contribution in [-0.2, 0) is 11.2 Å². The van der Waals surface area contributed by atoms with Crippen molar-refractivity contribution in [3.8, 4) is 0 Å². The van der Waals surface area contributed by atoms with Gasteiger partial charge in [-0.1, -0.05) is 30.3 Å². The molecule has 0 saturated heterocycles. The molecule has 2 aromatic carbocycles. The molecule has 0 unspecified atom stereocenters. The van der Waals surface area contributed by atoms with E-state index in [1.807, 2.05) is 29.6 Å². The number of nitrogens with one attached hydrogen (secondary N) is 2. The van der Waals surface area contributed by atoms with E-state index >= 15 is 0 Å². The van der Waals surface area contributed by atoms with Gasteiger partial charge >= 0.3 is 0 Å². The zero-order chi connectivity index (χ0) is 20.3. The maximum Gasteiger partial charge on any atom is 0.251 e. The van der Waals surface area contributed by atoms with E-state index in [9.17, 15) is 9.59 Å². The van der Waals surface area contributed by atoms with Crippen molar-refractivity contribution >= 4 is 40.6 Å². The standard InChI is InChI=1S/C23H24N2O2S2/c26-22(13-5-11-21-12-6-15-28-21)25-19-8-4-7-18(17-19)23(27)24-14-16-29-20-9-2-1-3-10-20/h1-4,6-10,12,15,17H,5,11,13-14,16H2,(H,24,27)(H,25,26). The first-order valence-electron chi connectivity index (χ1n) is 9.59. The zero-order valence-corrected chi connectivity index (χ0v) is 17.7. The second-order valence-corrected chi connectivity index (χ2v) is 8.68. The maximum atomic E-state index is 12.4. The van der Waals surface area contributed by atoms with Crippen molar-refractivity contribution in [1.29, 1.82) is 0 Å². The monoisotopic (exact) mass is 424 g/mol. The van der Waals surface area contributed by atoms with Crippen LogP contribution in [0.15, 0.2) is 77.0 Å². The Balaban J connectivity index is 1.40. The van der Waals surface area contributed by atoms with Crippen molar-refractivity contribution in [2.45, 2.75) is 24.2 Å². The molecule has 0 fully saturated rings. The van der Waals surface area contributed by atoms with E-state index in [2.05, 4.69) is 28.8 Å². The molecule has 0 bridgehead atoms. The first-order valence-corrected chi connectivity index (χ1v) is 11.5. The molecular weight excluding hydrogens is 400 g/mol. The quantitative estimate of drug-likeness (QED) is 0.346. The van der Waals surface area contributed by atoms with E-state index in [1.54, 1.807) is 47.4 Å². The molecule has 150 valence electrons. The molecule has 0 aliphatic carbocycles. The summed E-state index contributed by atoms with van der Waals surface area (Å²) in [6.07, 6.45) is 2.19. The average molecular weight is 425 g/mol. The molecule has 0 saturated carbocycles. The van der Waals surface area contributed by atoms with Crippen LogP contribution in [0.1, 0.15) is 28.1 Å². The Labute approximate surface area is 179 Å². The molecule has 29 heavy (non-hydrogen) atoms. The van der Waals surface area contributed by atoms with Crippen LogP contribution in [0, 0.1) is 0 Å². The van der Waals surface area contributed by atoms with Gasteiger partial charge in [0.2, 0.25) is 5.91 Å². The lowest BCUT2D eigenvalue weighted by molar-refractivity contribution is -0.116. The van der Waals surface area contributed by atoms with Crippen LogP contribution in [0.25, 0.3) is 0 Å². The number of hydrogen-bond donors (Lipinski definition) is 2. The SMILES string of the molecule is O=C(CCCc1cccs1)Nc1cccc(C(=O)NCCSc2ccccc2)c1. The number of carbonyl (C=O) groups excluding carboxylic acids is 2. The van der Waals surface area contributed by atoms with E-state index in [4.69, 9.17) is 0 Å². The number of amides is 2. The molecule has 2 N–H and O–H groups in total. The predicted molar refractivity (Wildman–Crippen MR) is 122 cm³/mol. The molecule has 3 aromatic rings. The van der Waals surface area contributed by atoms with Crippen molar-refractivity contribution < 1.29 is 9.59 Å². The highest BCUT2D eigenvalue weighted by molar-refractivity contribution is 7.99. The summed E-state index contributed by atoms with van der Waals surface area (Å²) in [5.74, 6) is 0.641. The number of carbonyl (C=O) groups is 2. The number of hydrogen-bond acceptors (Lipinski definition) is 4. The molecular formula is C23H24N2O2S2. The number of rotatable bonds is 10. The molecule has 3 rings (SSSR count). The van der Waals surface area contributed by atoms with Gasteiger partial charge in [-0.2, -0.15) is 0 Å². The Morgan fingerprint density at radius 1 is 0.966 bits per heavy atom. The first kappa shape index (κ1) is 21.1. The Bertz CT molecular complexity index is 912. The fraction of sp³-hybridized carbons (Fsp3) is 0.217. The number of anilines is 1. The number of benzene rings is 2. The van der Waals surface area contributed by atoms with Crippen molar-refractivity contribution in [2.24, 2.45) is 0 Å². The summed E-state index contributed by atoms with van der Waals surface area (Å²) in [5, 5.41) is 7.86. The van der Waals surface area contributed by atoms with E-state index in [1.165, 1.54) is 9.77 Å². The summed E-state index contributed by atoms with van der Waals surface area (Å²) in [4.78, 5) is 27.0. The minimum atomic E-state index is -0.132. The van der Waals surface area contributed by atoms with Gasteiger partial charge in [-0.15, -0.1) is 23.1 Å². The number of aryl methyl sites for hydroxylation is 1. The van der Waals surface area contributed by atoms with Crippen LogP contribution in [0.2, 0.25) is 0 Å². The third-order valence-electron chi connectivity index (χ3n) is 4.22. The Morgan fingerprint density at radius 3 is 2.62 bits per heavy atom. The summed E-state index contributed by atoms with van der Waals surface area (Å²) >= 11 is 3.42. The molecule has 1 heterocycles. The minimum absolute atomic E-state index is 0.0293. The van der Waals surface area contributed by atoms with E-state index < -0.39 is 0 Å². The lowest BCUT2D eigenvalue weighted by Crippen LogP contribution is -2.25. The van der Waals surface area contributed by atoms with Gasteiger partial charge in [-0.05, 0) is 54.6 Å². The fourth-order valence-electron chi connectivity index (χ4n) is 2.79. The van der Waals surface area contributed by atoms with E-state index in [0.717, 1.165) is 18.6 Å². The van der Waals surface area contributed by atoms with Crippen LogP contribution in [0.3, 0.4) is 0 Å². The zero-order valence-electron chi connectivity index (χ0n) is 16.1. The fourth-order valence-corrected chi connectivity index (χ4v) is 4.33. The molecule has 4 nitrogen and oxygen atoms in total. The van der Waals surface area contributed by atoms with Gasteiger partial charge in [-0.25, -0.2) is 0 Å². The molecule has 1 aromatic heterocycles. The van der Waals surface area contributed by atoms with Crippen LogP contribution < -0.4 is 10.6 Å². The summed E-state index contributed by atoms with van der Waals surface area (Å²) in [5.41, 5.74) is 1.20. The number of thiophene rings is 1. The third kappa shape index (κ3) is 7.40. The van der Waals surface area contributed by atoms with Crippen LogP contribution in [-0.4, -0.2) is 24.1 Å². The molecule has 2 amide bonds. The van der Waals surface area contributed by atoms with E-state index in [-0.39, 0.29) is 11.8 Å². The predicted octanol–water partition coefficient (Wildman–Crippen LogP) is 5.23. The molecule has 0 spiro atoms. The first-order chi connectivity index (χ1) is 14.2. The maximum absolute atomic E-state index is 12.4. The van der Waals surface area contributed by atoms with Crippen LogP contribution >= 0.6 is 23.1 Å². The minimum Gasteiger partial charge on any atom is -0.351 e. The summed E-state index contributed by atoms with van der Waals surface area (Å²) in [6, 6.07) is 21.3. The smallest absolute Gasteiger partial charge is 0.251 e. The molecule has 6 heteroatoms. The molecule has 0 atom stereocenters. The van der Waals surface area contributed by atoms with Gasteiger partial charge in [-0.3, -0.25) is 9.59 Å². The van der Waals surface area contributed by atoms with Gasteiger partial charge in [0, 0.05) is 39.7 Å². The second kappa shape index (κ2) is 11.4. The molecule has 0 radical (unpaired) electrons. The van der Waals surface area contributed by atoms with Gasteiger partial charge < -0.3 is 10.6 Å². The lowest BCUT2D eigenvalue weighted by Gasteiger charge is -2.08. The van der Waals surface area contributed by atoms with Crippen LogP contribution in [0.5, 0.6) is 0 Å².